The van der Waals surface area contributed by atoms with Crippen LogP contribution < -0.4 is 10.6 Å². The van der Waals surface area contributed by atoms with Gasteiger partial charge in [0.1, 0.15) is 5.82 Å². The summed E-state index contributed by atoms with van der Waals surface area (Å²) in [6.07, 6.45) is 0.795. The Morgan fingerprint density at radius 1 is 0.867 bits per heavy atom. The Morgan fingerprint density at radius 3 is 2.33 bits per heavy atom. The second-order valence-electron chi connectivity index (χ2n) is 7.57. The van der Waals surface area contributed by atoms with Crippen LogP contribution in [0.5, 0.6) is 0 Å². The molecule has 3 aromatic carbocycles. The lowest BCUT2D eigenvalue weighted by Crippen LogP contribution is -2.26. The standard InChI is InChI=1S/C26H25N3O/c1-18-14-19(2)16-21(15-18)28-25-17-23(22-10-6-7-11-24(22)29-25)26(30)27-13-12-20-8-4-3-5-9-20/h3-11,14-17H,12-13H2,1-2H3,(H,27,30)(H,28,29). The van der Waals surface area contributed by atoms with E-state index in [1.807, 2.05) is 48.5 Å². The zero-order valence-corrected chi connectivity index (χ0v) is 17.3. The highest BCUT2D eigenvalue weighted by Crippen LogP contribution is 2.24. The molecule has 0 aliphatic rings. The fourth-order valence-corrected chi connectivity index (χ4v) is 3.68. The van der Waals surface area contributed by atoms with Crippen LogP contribution in [0.3, 0.4) is 0 Å². The largest absolute Gasteiger partial charge is 0.352 e. The first kappa shape index (κ1) is 19.6. The number of carbonyl (C=O) groups excluding carboxylic acids is 1. The number of nitrogens with zero attached hydrogens (tertiary/aromatic N) is 1. The molecule has 4 heteroatoms. The monoisotopic (exact) mass is 395 g/mol. The lowest BCUT2D eigenvalue weighted by atomic mass is 10.1. The van der Waals surface area contributed by atoms with Gasteiger partial charge in [0.25, 0.3) is 5.91 Å². The number of rotatable bonds is 6. The summed E-state index contributed by atoms with van der Waals surface area (Å²) in [7, 11) is 0. The molecule has 2 N–H and O–H groups in total. The number of nitrogens with one attached hydrogen (secondary N) is 2. The molecule has 4 nitrogen and oxygen atoms in total. The van der Waals surface area contributed by atoms with Gasteiger partial charge in [-0.15, -0.1) is 0 Å². The molecule has 0 unspecified atom stereocenters. The van der Waals surface area contributed by atoms with Gasteiger partial charge < -0.3 is 10.6 Å². The highest BCUT2D eigenvalue weighted by atomic mass is 16.1. The molecule has 1 aromatic heterocycles. The molecule has 30 heavy (non-hydrogen) atoms. The molecule has 0 saturated carbocycles. The summed E-state index contributed by atoms with van der Waals surface area (Å²) in [6.45, 7) is 4.72. The third-order valence-electron chi connectivity index (χ3n) is 5.00. The number of para-hydroxylation sites is 1. The van der Waals surface area contributed by atoms with E-state index in [2.05, 4.69) is 54.8 Å². The Morgan fingerprint density at radius 2 is 1.57 bits per heavy atom. The number of benzene rings is 3. The summed E-state index contributed by atoms with van der Waals surface area (Å²) < 4.78 is 0. The minimum Gasteiger partial charge on any atom is -0.352 e. The average Bonchev–Trinajstić information content (AvgIpc) is 2.73. The minimum atomic E-state index is -0.0898. The summed E-state index contributed by atoms with van der Waals surface area (Å²) in [5, 5.41) is 7.27. The molecule has 4 rings (SSSR count). The molecule has 0 aliphatic heterocycles. The van der Waals surface area contributed by atoms with Crippen molar-refractivity contribution < 1.29 is 4.79 Å². The van der Waals surface area contributed by atoms with Crippen LogP contribution in [0.15, 0.2) is 78.9 Å². The first-order chi connectivity index (χ1) is 14.6. The van der Waals surface area contributed by atoms with Crippen LogP contribution in [0.4, 0.5) is 11.5 Å². The van der Waals surface area contributed by atoms with Crippen molar-refractivity contribution in [3.8, 4) is 0 Å². The van der Waals surface area contributed by atoms with Crippen molar-refractivity contribution in [1.82, 2.24) is 10.3 Å². The molecule has 0 spiro atoms. The third kappa shape index (κ3) is 4.66. The summed E-state index contributed by atoms with van der Waals surface area (Å²) >= 11 is 0. The number of hydrogen-bond acceptors (Lipinski definition) is 3. The lowest BCUT2D eigenvalue weighted by Gasteiger charge is -2.13. The number of carbonyl (C=O) groups is 1. The Labute approximate surface area is 177 Å². The van der Waals surface area contributed by atoms with E-state index in [1.54, 1.807) is 0 Å². The second-order valence-corrected chi connectivity index (χ2v) is 7.57. The Kier molecular flexibility index (Phi) is 5.75. The van der Waals surface area contributed by atoms with E-state index in [-0.39, 0.29) is 5.91 Å². The van der Waals surface area contributed by atoms with E-state index in [0.29, 0.717) is 17.9 Å². The number of aryl methyl sites for hydroxylation is 2. The van der Waals surface area contributed by atoms with Crippen LogP contribution in [0.25, 0.3) is 10.9 Å². The van der Waals surface area contributed by atoms with Crippen LogP contribution in [-0.2, 0) is 6.42 Å². The maximum absolute atomic E-state index is 13.0. The van der Waals surface area contributed by atoms with Gasteiger partial charge in [0, 0.05) is 17.6 Å². The van der Waals surface area contributed by atoms with Gasteiger partial charge in [-0.25, -0.2) is 4.98 Å². The van der Waals surface area contributed by atoms with Gasteiger partial charge in [-0.3, -0.25) is 4.79 Å². The summed E-state index contributed by atoms with van der Waals surface area (Å²) in [5.41, 5.74) is 5.94. The molecule has 150 valence electrons. The molecule has 0 bridgehead atoms. The SMILES string of the molecule is Cc1cc(C)cc(Nc2cc(C(=O)NCCc3ccccc3)c3ccccc3n2)c1. The van der Waals surface area contributed by atoms with Gasteiger partial charge in [0.05, 0.1) is 11.1 Å². The number of pyridine rings is 1. The Balaban J connectivity index is 1.58. The van der Waals surface area contributed by atoms with Crippen molar-refractivity contribution in [2.24, 2.45) is 0 Å². The molecule has 0 aliphatic carbocycles. The minimum absolute atomic E-state index is 0.0898. The van der Waals surface area contributed by atoms with Crippen LogP contribution in [0.1, 0.15) is 27.0 Å². The summed E-state index contributed by atoms with van der Waals surface area (Å²) in [4.78, 5) is 17.7. The van der Waals surface area contributed by atoms with Crippen molar-refractivity contribution >= 4 is 28.3 Å². The van der Waals surface area contributed by atoms with Crippen molar-refractivity contribution in [3.63, 3.8) is 0 Å². The Hall–Kier alpha value is -3.66. The molecule has 0 atom stereocenters. The number of fused-ring (bicyclic) bond motifs is 1. The van der Waals surface area contributed by atoms with E-state index in [0.717, 1.165) is 23.0 Å². The van der Waals surface area contributed by atoms with Gasteiger partial charge in [-0.05, 0) is 61.2 Å². The predicted molar refractivity (Wildman–Crippen MR) is 123 cm³/mol. The topological polar surface area (TPSA) is 54.0 Å². The first-order valence-electron chi connectivity index (χ1n) is 10.2. The summed E-state index contributed by atoms with van der Waals surface area (Å²) in [5.74, 6) is 0.569. The summed E-state index contributed by atoms with van der Waals surface area (Å²) in [6, 6.07) is 26.0. The van der Waals surface area contributed by atoms with Gasteiger partial charge in [0.2, 0.25) is 0 Å². The van der Waals surface area contributed by atoms with Gasteiger partial charge in [-0.2, -0.15) is 0 Å². The van der Waals surface area contributed by atoms with Gasteiger partial charge >= 0.3 is 0 Å². The van der Waals surface area contributed by atoms with Crippen LogP contribution in [0, 0.1) is 13.8 Å². The van der Waals surface area contributed by atoms with Crippen molar-refractivity contribution in [2.75, 3.05) is 11.9 Å². The highest BCUT2D eigenvalue weighted by molar-refractivity contribution is 6.07. The van der Waals surface area contributed by atoms with E-state index >= 15 is 0 Å². The molecular weight excluding hydrogens is 370 g/mol. The molecule has 0 saturated heterocycles. The maximum atomic E-state index is 13.0. The number of anilines is 2. The average molecular weight is 396 g/mol. The molecule has 1 heterocycles. The van der Waals surface area contributed by atoms with Crippen molar-refractivity contribution in [1.29, 1.82) is 0 Å². The van der Waals surface area contributed by atoms with E-state index < -0.39 is 0 Å². The molecule has 0 fully saturated rings. The van der Waals surface area contributed by atoms with Gasteiger partial charge in [-0.1, -0.05) is 54.6 Å². The van der Waals surface area contributed by atoms with Crippen molar-refractivity contribution in [2.45, 2.75) is 20.3 Å². The number of amides is 1. The fraction of sp³-hybridized carbons (Fsp3) is 0.154. The quantitative estimate of drug-likeness (QED) is 0.449. The normalized spacial score (nSPS) is 10.7. The maximum Gasteiger partial charge on any atom is 0.252 e. The van der Waals surface area contributed by atoms with Crippen molar-refractivity contribution in [3.05, 3.63) is 101 Å². The molecular formula is C26H25N3O. The van der Waals surface area contributed by atoms with Gasteiger partial charge in [0.15, 0.2) is 0 Å². The van der Waals surface area contributed by atoms with Crippen LogP contribution in [0.2, 0.25) is 0 Å². The van der Waals surface area contributed by atoms with Crippen LogP contribution in [-0.4, -0.2) is 17.4 Å². The van der Waals surface area contributed by atoms with E-state index in [4.69, 9.17) is 4.98 Å². The molecule has 4 aromatic rings. The zero-order chi connectivity index (χ0) is 20.9. The predicted octanol–water partition coefficient (Wildman–Crippen LogP) is 5.57. The molecule has 0 radical (unpaired) electrons. The van der Waals surface area contributed by atoms with E-state index in [9.17, 15) is 4.79 Å². The highest BCUT2D eigenvalue weighted by Gasteiger charge is 2.13. The fourth-order valence-electron chi connectivity index (χ4n) is 3.68. The second kappa shape index (κ2) is 8.78. The third-order valence-corrected chi connectivity index (χ3v) is 5.00. The number of aromatic nitrogens is 1. The number of hydrogen-bond donors (Lipinski definition) is 2. The lowest BCUT2D eigenvalue weighted by molar-refractivity contribution is 0.0956. The first-order valence-corrected chi connectivity index (χ1v) is 10.2. The smallest absolute Gasteiger partial charge is 0.252 e. The molecule has 1 amide bonds. The van der Waals surface area contributed by atoms with Crippen LogP contribution >= 0.6 is 0 Å². The zero-order valence-electron chi connectivity index (χ0n) is 17.3. The van der Waals surface area contributed by atoms with E-state index in [1.165, 1.54) is 16.7 Å². The Bertz CT molecular complexity index is 1170.